The fourth-order valence-corrected chi connectivity index (χ4v) is 9.72. The highest BCUT2D eigenvalue weighted by molar-refractivity contribution is 6.13. The van der Waals surface area contributed by atoms with Crippen molar-refractivity contribution in [3.8, 4) is 22.5 Å². The number of fused-ring (bicyclic) bond motifs is 4. The molecule has 2 nitrogen and oxygen atoms in total. The Morgan fingerprint density at radius 2 is 1.22 bits per heavy atom. The van der Waals surface area contributed by atoms with Crippen LogP contribution in [0.4, 0.5) is 0 Å². The van der Waals surface area contributed by atoms with E-state index >= 15 is 0 Å². The van der Waals surface area contributed by atoms with E-state index in [1.807, 2.05) is 105 Å². The predicted molar refractivity (Wildman–Crippen MR) is 321 cm³/mol. The lowest BCUT2D eigenvalue weighted by Crippen LogP contribution is -2.31. The van der Waals surface area contributed by atoms with Crippen LogP contribution in [-0.4, -0.2) is 9.13 Å². The summed E-state index contributed by atoms with van der Waals surface area (Å²) < 4.78 is 4.85. The van der Waals surface area contributed by atoms with Crippen molar-refractivity contribution in [3.05, 3.63) is 301 Å². The first-order valence-corrected chi connectivity index (χ1v) is 25.4. The molecule has 2 aromatic heterocycles. The molecular weight excluding hydrogens is 881 g/mol. The van der Waals surface area contributed by atoms with Gasteiger partial charge in [0.2, 0.25) is 0 Å². The summed E-state index contributed by atoms with van der Waals surface area (Å²) >= 11 is 0. The Kier molecular flexibility index (Phi) is 16.9. The molecule has 0 N–H and O–H groups in total. The fraction of sp³-hybridized carbons (Fsp3) is 0.0986. The second kappa shape index (κ2) is 24.4. The molecule has 0 atom stereocenters. The average Bonchev–Trinajstić information content (AvgIpc) is 3.96. The number of aromatic nitrogens is 2. The van der Waals surface area contributed by atoms with Gasteiger partial charge in [-0.1, -0.05) is 226 Å². The molecule has 0 saturated heterocycles. The lowest BCUT2D eigenvalue weighted by molar-refractivity contribution is 1.04. The van der Waals surface area contributed by atoms with Gasteiger partial charge in [-0.3, -0.25) is 0 Å². The monoisotopic (exact) mass is 947 g/mol. The summed E-state index contributed by atoms with van der Waals surface area (Å²) in [5.74, 6) is 0. The number of para-hydroxylation sites is 2. The van der Waals surface area contributed by atoms with Crippen molar-refractivity contribution in [2.45, 2.75) is 47.5 Å². The molecule has 0 saturated carbocycles. The van der Waals surface area contributed by atoms with Gasteiger partial charge in [-0.15, -0.1) is 0 Å². The summed E-state index contributed by atoms with van der Waals surface area (Å²) in [6, 6.07) is 60.3. The van der Waals surface area contributed by atoms with Gasteiger partial charge in [-0.05, 0) is 135 Å². The Balaban J connectivity index is 0.000000476. The summed E-state index contributed by atoms with van der Waals surface area (Å²) in [6.45, 7) is 23.5. The first-order chi connectivity index (χ1) is 35.8. The summed E-state index contributed by atoms with van der Waals surface area (Å²) in [6.07, 6.45) is 29.5. The molecule has 0 unspecified atom stereocenters. The minimum Gasteiger partial charge on any atom is -0.309 e. The standard InChI is InChI=1S/C58H52N2.C7H8.C6H6/c1-8-13-17-23-40(6)49(11-4)57-50(12-5)52-30-22-29-51(58(52)60(57)48-34-31-44(32-35-48)42(10-3)24-14-9-2)45-33-36-55-53(38-45)54-39-46(43-25-18-15-19-26-43)37-41(7)56(54)59(55)47-27-20-16-21-28-47;1-7-5-3-2-4-6-7;1-2-4-6-5-3-1/h8-14,16-18,20-39H,3-4,6,15,19H2,1-2,5,7H3;2-6H,1H3;1-6H/b13-8-,14-9-,23-17-,42-24+,50-12-,57-49-;;. The van der Waals surface area contributed by atoms with Gasteiger partial charge in [0.15, 0.2) is 0 Å². The second-order valence-corrected chi connectivity index (χ2v) is 18.1. The van der Waals surface area contributed by atoms with Gasteiger partial charge < -0.3 is 9.13 Å². The third kappa shape index (κ3) is 11.3. The molecule has 0 aliphatic heterocycles. The highest BCUT2D eigenvalue weighted by atomic mass is 15.0. The SMILES string of the molecule is C=C/C(C(=C)/C=C\C=C/C)=c1\c(=C/C)c2cccc(-c3ccc4c(c3)c3cc(C5=CCCC=C5)cc(C)c3n4-c3ccccc3)c2n1-c1ccc(/C(C=C)=C/C=C\C)cc1.Cc1ccccc1.c1ccccc1. The largest absolute Gasteiger partial charge is 0.309 e. The van der Waals surface area contributed by atoms with Crippen LogP contribution < -0.4 is 10.6 Å². The topological polar surface area (TPSA) is 9.86 Å². The molecule has 2 heteroatoms. The van der Waals surface area contributed by atoms with E-state index in [0.717, 1.165) is 73.7 Å². The molecule has 0 bridgehead atoms. The van der Waals surface area contributed by atoms with Gasteiger partial charge in [0.25, 0.3) is 0 Å². The third-order valence-electron chi connectivity index (χ3n) is 13.2. The molecule has 7 aromatic carbocycles. The van der Waals surface area contributed by atoms with Crippen LogP contribution in [0.3, 0.4) is 0 Å². The van der Waals surface area contributed by atoms with E-state index in [4.69, 9.17) is 0 Å². The fourth-order valence-electron chi connectivity index (χ4n) is 9.72. The van der Waals surface area contributed by atoms with Crippen molar-refractivity contribution >= 4 is 55.5 Å². The molecule has 0 fully saturated rings. The lowest BCUT2D eigenvalue weighted by atomic mass is 9.95. The van der Waals surface area contributed by atoms with E-state index < -0.39 is 0 Å². The van der Waals surface area contributed by atoms with Gasteiger partial charge in [-0.25, -0.2) is 0 Å². The number of benzene rings is 7. The normalized spacial score (nSPS) is 13.3. The zero-order valence-corrected chi connectivity index (χ0v) is 43.1. The van der Waals surface area contributed by atoms with Crippen LogP contribution in [0.5, 0.6) is 0 Å². The molecule has 0 amide bonds. The minimum absolute atomic E-state index is 0.890. The number of aryl methyl sites for hydroxylation is 2. The second-order valence-electron chi connectivity index (χ2n) is 18.1. The molecular formula is C71H66N2. The van der Waals surface area contributed by atoms with Gasteiger partial charge in [-0.2, -0.15) is 0 Å². The highest BCUT2D eigenvalue weighted by Gasteiger charge is 2.21. The van der Waals surface area contributed by atoms with Gasteiger partial charge in [0.05, 0.1) is 21.9 Å². The summed E-state index contributed by atoms with van der Waals surface area (Å²) in [7, 11) is 0. The number of allylic oxidation sites excluding steroid dienone is 15. The van der Waals surface area contributed by atoms with Crippen LogP contribution in [0.1, 0.15) is 55.9 Å². The summed E-state index contributed by atoms with van der Waals surface area (Å²) in [5.41, 5.74) is 17.2. The Morgan fingerprint density at radius 1 is 0.562 bits per heavy atom. The molecule has 0 radical (unpaired) electrons. The summed E-state index contributed by atoms with van der Waals surface area (Å²) in [5, 5.41) is 5.84. The van der Waals surface area contributed by atoms with Crippen LogP contribution in [-0.2, 0) is 0 Å². The van der Waals surface area contributed by atoms with Gasteiger partial charge in [0, 0.05) is 43.9 Å². The van der Waals surface area contributed by atoms with Crippen LogP contribution in [0, 0.1) is 13.8 Å². The third-order valence-corrected chi connectivity index (χ3v) is 13.2. The van der Waals surface area contributed by atoms with Crippen molar-refractivity contribution < 1.29 is 0 Å². The van der Waals surface area contributed by atoms with Crippen molar-refractivity contribution in [2.75, 3.05) is 0 Å². The maximum Gasteiger partial charge on any atom is 0.0619 e. The van der Waals surface area contributed by atoms with E-state index in [-0.39, 0.29) is 0 Å². The van der Waals surface area contributed by atoms with Gasteiger partial charge in [0.1, 0.15) is 0 Å². The Hall–Kier alpha value is -8.72. The number of hydrogen-bond donors (Lipinski definition) is 0. The zero-order valence-electron chi connectivity index (χ0n) is 43.1. The van der Waals surface area contributed by atoms with Crippen molar-refractivity contribution in [1.82, 2.24) is 9.13 Å². The van der Waals surface area contributed by atoms with Gasteiger partial charge >= 0.3 is 0 Å². The smallest absolute Gasteiger partial charge is 0.0619 e. The molecule has 73 heavy (non-hydrogen) atoms. The van der Waals surface area contributed by atoms with E-state index in [2.05, 4.69) is 207 Å². The van der Waals surface area contributed by atoms with E-state index in [0.29, 0.717) is 0 Å². The molecule has 9 aromatic rings. The van der Waals surface area contributed by atoms with E-state index in [9.17, 15) is 0 Å². The zero-order chi connectivity index (χ0) is 51.1. The molecule has 0 spiro atoms. The van der Waals surface area contributed by atoms with E-state index in [1.54, 1.807) is 0 Å². The van der Waals surface area contributed by atoms with Crippen molar-refractivity contribution in [3.63, 3.8) is 0 Å². The Morgan fingerprint density at radius 3 is 1.82 bits per heavy atom. The molecule has 1 aliphatic carbocycles. The first-order valence-electron chi connectivity index (χ1n) is 25.4. The Labute approximate surface area is 433 Å². The maximum absolute atomic E-state index is 4.56. The van der Waals surface area contributed by atoms with Crippen LogP contribution in [0.25, 0.3) is 78.0 Å². The molecule has 10 rings (SSSR count). The van der Waals surface area contributed by atoms with Crippen LogP contribution >= 0.6 is 0 Å². The number of hydrogen-bond acceptors (Lipinski definition) is 0. The van der Waals surface area contributed by atoms with Crippen molar-refractivity contribution in [1.29, 1.82) is 0 Å². The Bertz CT molecular complexity index is 3700. The van der Waals surface area contributed by atoms with Crippen molar-refractivity contribution in [2.24, 2.45) is 0 Å². The molecule has 360 valence electrons. The number of rotatable bonds is 11. The van der Waals surface area contributed by atoms with Crippen LogP contribution in [0.15, 0.2) is 268 Å². The summed E-state index contributed by atoms with van der Waals surface area (Å²) in [4.78, 5) is 0. The molecule has 1 aliphatic rings. The quantitative estimate of drug-likeness (QED) is 0.114. The van der Waals surface area contributed by atoms with E-state index in [1.165, 1.54) is 49.5 Å². The molecule has 2 heterocycles. The first kappa shape index (κ1) is 50.7. The lowest BCUT2D eigenvalue weighted by Gasteiger charge is -2.14. The number of nitrogens with zero attached hydrogens (tertiary/aromatic N) is 2. The maximum atomic E-state index is 4.56. The minimum atomic E-state index is 0.890. The highest BCUT2D eigenvalue weighted by Crippen LogP contribution is 2.40. The van der Waals surface area contributed by atoms with Crippen LogP contribution in [0.2, 0.25) is 0 Å². The predicted octanol–water partition coefficient (Wildman–Crippen LogP) is 18.1. The average molecular weight is 947 g/mol.